The van der Waals surface area contributed by atoms with Crippen molar-refractivity contribution in [2.45, 2.75) is 31.7 Å². The highest BCUT2D eigenvalue weighted by atomic mass is 16.4. The van der Waals surface area contributed by atoms with Crippen molar-refractivity contribution in [3.8, 4) is 0 Å². The third kappa shape index (κ3) is 3.07. The molecule has 0 aromatic heterocycles. The number of nitrogens with one attached hydrogen (secondary N) is 1. The molecule has 20 heavy (non-hydrogen) atoms. The van der Waals surface area contributed by atoms with Crippen LogP contribution in [0.25, 0.3) is 0 Å². The normalized spacial score (nSPS) is 20.4. The van der Waals surface area contributed by atoms with Gasteiger partial charge in [0.2, 0.25) is 5.91 Å². The van der Waals surface area contributed by atoms with Gasteiger partial charge in [-0.1, -0.05) is 42.5 Å². The van der Waals surface area contributed by atoms with E-state index in [1.54, 1.807) is 24.3 Å². The number of carbonyl (C=O) groups excluding carboxylic acids is 1. The minimum absolute atomic E-state index is 0.226. The van der Waals surface area contributed by atoms with Crippen molar-refractivity contribution in [3.05, 3.63) is 48.0 Å². The van der Waals surface area contributed by atoms with E-state index >= 15 is 0 Å². The standard InChI is InChI=1S/C16H19NO3/c1-16(15(19)20,13-9-3-2-4-10-13)17-14(18)11-12-7-5-6-8-12/h2-5,7,9-10,12H,6,8,11H2,1H3,(H,17,18)(H,19,20). The maximum atomic E-state index is 12.1. The molecule has 0 heterocycles. The zero-order chi connectivity index (χ0) is 14.6. The molecule has 0 aliphatic heterocycles. The van der Waals surface area contributed by atoms with Crippen LogP contribution in [0.5, 0.6) is 0 Å². The van der Waals surface area contributed by atoms with Crippen LogP contribution in [-0.2, 0) is 15.1 Å². The van der Waals surface area contributed by atoms with E-state index in [9.17, 15) is 14.7 Å². The Morgan fingerprint density at radius 1 is 1.35 bits per heavy atom. The molecular weight excluding hydrogens is 254 g/mol. The maximum Gasteiger partial charge on any atom is 0.333 e. The van der Waals surface area contributed by atoms with Crippen molar-refractivity contribution in [2.24, 2.45) is 5.92 Å². The molecule has 2 rings (SSSR count). The summed E-state index contributed by atoms with van der Waals surface area (Å²) in [7, 11) is 0. The Hall–Kier alpha value is -2.10. The van der Waals surface area contributed by atoms with Crippen molar-refractivity contribution < 1.29 is 14.7 Å². The minimum atomic E-state index is -1.39. The fourth-order valence-electron chi connectivity index (χ4n) is 2.45. The summed E-state index contributed by atoms with van der Waals surface area (Å²) in [6.45, 7) is 1.52. The van der Waals surface area contributed by atoms with Gasteiger partial charge in [0.05, 0.1) is 0 Å². The van der Waals surface area contributed by atoms with Gasteiger partial charge in [0.25, 0.3) is 0 Å². The van der Waals surface area contributed by atoms with Gasteiger partial charge in [-0.25, -0.2) is 4.79 Å². The highest BCUT2D eigenvalue weighted by Gasteiger charge is 2.36. The van der Waals surface area contributed by atoms with E-state index in [2.05, 4.69) is 11.4 Å². The number of benzene rings is 1. The van der Waals surface area contributed by atoms with Gasteiger partial charge in [-0.05, 0) is 31.2 Å². The second kappa shape index (κ2) is 5.90. The van der Waals surface area contributed by atoms with Crippen LogP contribution in [0, 0.1) is 5.92 Å². The SMILES string of the molecule is CC(NC(=O)CC1C=CCC1)(C(=O)O)c1ccccc1. The Kier molecular flexibility index (Phi) is 4.23. The highest BCUT2D eigenvalue weighted by molar-refractivity contribution is 5.88. The van der Waals surface area contributed by atoms with Crippen LogP contribution in [-0.4, -0.2) is 17.0 Å². The molecule has 4 nitrogen and oxygen atoms in total. The molecule has 1 aliphatic rings. The molecule has 0 bridgehead atoms. The van der Waals surface area contributed by atoms with Crippen LogP contribution in [0.4, 0.5) is 0 Å². The van der Waals surface area contributed by atoms with Crippen LogP contribution in [0.2, 0.25) is 0 Å². The quantitative estimate of drug-likeness (QED) is 0.810. The van der Waals surface area contributed by atoms with E-state index in [0.29, 0.717) is 12.0 Å². The first-order chi connectivity index (χ1) is 9.52. The third-order valence-electron chi connectivity index (χ3n) is 3.73. The molecule has 4 heteroatoms. The Labute approximate surface area is 118 Å². The first-order valence-electron chi connectivity index (χ1n) is 6.79. The molecule has 1 amide bonds. The van der Waals surface area contributed by atoms with Crippen LogP contribution >= 0.6 is 0 Å². The molecule has 1 aromatic rings. The Balaban J connectivity index is 2.11. The van der Waals surface area contributed by atoms with Gasteiger partial charge in [0.15, 0.2) is 5.54 Å². The number of aliphatic carboxylic acids is 1. The number of carbonyl (C=O) groups is 2. The topological polar surface area (TPSA) is 66.4 Å². The number of hydrogen-bond donors (Lipinski definition) is 2. The number of carboxylic acid groups (broad SMARTS) is 1. The second-order valence-electron chi connectivity index (χ2n) is 5.31. The van der Waals surface area contributed by atoms with Crippen LogP contribution in [0.3, 0.4) is 0 Å². The van der Waals surface area contributed by atoms with Gasteiger partial charge in [0.1, 0.15) is 0 Å². The Bertz CT molecular complexity index is 524. The van der Waals surface area contributed by atoms with Gasteiger partial charge >= 0.3 is 5.97 Å². The zero-order valence-corrected chi connectivity index (χ0v) is 11.5. The fourth-order valence-corrected chi connectivity index (χ4v) is 2.45. The first-order valence-corrected chi connectivity index (χ1v) is 6.79. The van der Waals surface area contributed by atoms with E-state index in [4.69, 9.17) is 0 Å². The lowest BCUT2D eigenvalue weighted by Gasteiger charge is -2.27. The summed E-state index contributed by atoms with van der Waals surface area (Å²) >= 11 is 0. The Morgan fingerprint density at radius 2 is 2.05 bits per heavy atom. The molecule has 2 N–H and O–H groups in total. The van der Waals surface area contributed by atoms with E-state index in [1.807, 2.05) is 12.1 Å². The lowest BCUT2D eigenvalue weighted by atomic mass is 9.91. The first kappa shape index (κ1) is 14.3. The number of carboxylic acids is 1. The fraction of sp³-hybridized carbons (Fsp3) is 0.375. The molecule has 0 fully saturated rings. The summed E-state index contributed by atoms with van der Waals surface area (Å²) in [5.74, 6) is -1.06. The van der Waals surface area contributed by atoms with Crippen molar-refractivity contribution in [1.29, 1.82) is 0 Å². The third-order valence-corrected chi connectivity index (χ3v) is 3.73. The molecule has 0 saturated carbocycles. The minimum Gasteiger partial charge on any atom is -0.479 e. The molecule has 2 atom stereocenters. The smallest absolute Gasteiger partial charge is 0.333 e. The van der Waals surface area contributed by atoms with Crippen LogP contribution in [0.1, 0.15) is 31.7 Å². The van der Waals surface area contributed by atoms with Crippen LogP contribution in [0.15, 0.2) is 42.5 Å². The molecule has 2 unspecified atom stereocenters. The van der Waals surface area contributed by atoms with E-state index < -0.39 is 11.5 Å². The summed E-state index contributed by atoms with van der Waals surface area (Å²) in [5, 5.41) is 12.1. The summed E-state index contributed by atoms with van der Waals surface area (Å²) in [5.41, 5.74) is -0.816. The maximum absolute atomic E-state index is 12.1. The van der Waals surface area contributed by atoms with E-state index in [1.165, 1.54) is 6.92 Å². The largest absolute Gasteiger partial charge is 0.479 e. The zero-order valence-electron chi connectivity index (χ0n) is 11.5. The molecule has 106 valence electrons. The van der Waals surface area contributed by atoms with Gasteiger partial charge in [-0.2, -0.15) is 0 Å². The predicted octanol–water partition coefficient (Wildman–Crippen LogP) is 2.46. The number of hydrogen-bond acceptors (Lipinski definition) is 2. The van der Waals surface area contributed by atoms with E-state index in [-0.39, 0.29) is 11.8 Å². The highest BCUT2D eigenvalue weighted by Crippen LogP contribution is 2.24. The summed E-state index contributed by atoms with van der Waals surface area (Å²) < 4.78 is 0. The number of allylic oxidation sites excluding steroid dienone is 2. The van der Waals surface area contributed by atoms with Gasteiger partial charge in [-0.15, -0.1) is 0 Å². The monoisotopic (exact) mass is 273 g/mol. The summed E-state index contributed by atoms with van der Waals surface area (Å²) in [6.07, 6.45) is 6.38. The average molecular weight is 273 g/mol. The molecule has 1 aliphatic carbocycles. The molecule has 0 saturated heterocycles. The van der Waals surface area contributed by atoms with Crippen molar-refractivity contribution in [2.75, 3.05) is 0 Å². The number of rotatable bonds is 5. The number of amides is 1. The summed E-state index contributed by atoms with van der Waals surface area (Å²) in [6, 6.07) is 8.77. The lowest BCUT2D eigenvalue weighted by Crippen LogP contribution is -2.49. The lowest BCUT2D eigenvalue weighted by molar-refractivity contribution is -0.147. The second-order valence-corrected chi connectivity index (χ2v) is 5.31. The van der Waals surface area contributed by atoms with Gasteiger partial charge < -0.3 is 10.4 Å². The predicted molar refractivity (Wildman–Crippen MR) is 76.1 cm³/mol. The molecular formula is C16H19NO3. The molecule has 0 radical (unpaired) electrons. The molecule has 1 aromatic carbocycles. The van der Waals surface area contributed by atoms with Gasteiger partial charge in [-0.3, -0.25) is 4.79 Å². The van der Waals surface area contributed by atoms with Crippen molar-refractivity contribution in [1.82, 2.24) is 5.32 Å². The van der Waals surface area contributed by atoms with Crippen molar-refractivity contribution in [3.63, 3.8) is 0 Å². The van der Waals surface area contributed by atoms with Crippen LogP contribution < -0.4 is 5.32 Å². The van der Waals surface area contributed by atoms with E-state index in [0.717, 1.165) is 12.8 Å². The summed E-state index contributed by atoms with van der Waals surface area (Å²) in [4.78, 5) is 23.6. The van der Waals surface area contributed by atoms with Crippen molar-refractivity contribution >= 4 is 11.9 Å². The molecule has 0 spiro atoms. The van der Waals surface area contributed by atoms with Gasteiger partial charge in [0, 0.05) is 6.42 Å². The Morgan fingerprint density at radius 3 is 2.60 bits per heavy atom. The average Bonchev–Trinajstić information content (AvgIpc) is 2.92.